The van der Waals surface area contributed by atoms with Crippen molar-refractivity contribution in [3.05, 3.63) is 70.4 Å². The molecule has 0 saturated heterocycles. The van der Waals surface area contributed by atoms with Crippen molar-refractivity contribution in [3.8, 4) is 0 Å². The van der Waals surface area contributed by atoms with E-state index < -0.39 is 0 Å². The van der Waals surface area contributed by atoms with Gasteiger partial charge in [0.15, 0.2) is 5.78 Å². The summed E-state index contributed by atoms with van der Waals surface area (Å²) in [6, 6.07) is 14.3. The number of aryl methyl sites for hydroxylation is 2. The quantitative estimate of drug-likeness (QED) is 0.388. The Bertz CT molecular complexity index is 976. The van der Waals surface area contributed by atoms with Crippen LogP contribution in [0.15, 0.2) is 48.7 Å². The molecular formula is C24H27ClN2O. The Morgan fingerprint density at radius 3 is 2.89 bits per heavy atom. The average molecular weight is 395 g/mol. The molecule has 0 amide bonds. The third kappa shape index (κ3) is 4.31. The van der Waals surface area contributed by atoms with Gasteiger partial charge >= 0.3 is 0 Å². The lowest BCUT2D eigenvalue weighted by Crippen LogP contribution is -2.18. The van der Waals surface area contributed by atoms with Gasteiger partial charge in [-0.3, -0.25) is 4.79 Å². The molecule has 4 rings (SSSR count). The molecule has 1 aliphatic heterocycles. The van der Waals surface area contributed by atoms with Crippen LogP contribution in [-0.4, -0.2) is 23.4 Å². The highest BCUT2D eigenvalue weighted by Crippen LogP contribution is 2.28. The van der Waals surface area contributed by atoms with Crippen molar-refractivity contribution < 1.29 is 4.79 Å². The summed E-state index contributed by atoms with van der Waals surface area (Å²) in [6.45, 7) is 2.94. The van der Waals surface area contributed by atoms with Gasteiger partial charge in [0.25, 0.3) is 0 Å². The molecule has 0 atom stereocenters. The second-order valence-corrected chi connectivity index (χ2v) is 8.06. The molecule has 0 radical (unpaired) electrons. The maximum atomic E-state index is 12.7. The van der Waals surface area contributed by atoms with Crippen molar-refractivity contribution in [2.24, 2.45) is 0 Å². The molecule has 0 bridgehead atoms. The first kappa shape index (κ1) is 19.2. The van der Waals surface area contributed by atoms with Crippen LogP contribution >= 0.6 is 11.6 Å². The van der Waals surface area contributed by atoms with E-state index in [4.69, 9.17) is 11.6 Å². The lowest BCUT2D eigenvalue weighted by atomic mass is 9.97. The summed E-state index contributed by atoms with van der Waals surface area (Å²) in [4.78, 5) is 12.7. The van der Waals surface area contributed by atoms with Crippen molar-refractivity contribution in [1.82, 2.24) is 9.88 Å². The van der Waals surface area contributed by atoms with Crippen LogP contribution in [0.3, 0.4) is 0 Å². The Hall–Kier alpha value is -2.10. The SMILES string of the molecule is O=C(CCCCNCCc1ccccc1Cl)c1cc2c3c(ccn3CCC2)c1. The monoisotopic (exact) mass is 394 g/mol. The fourth-order valence-corrected chi connectivity index (χ4v) is 4.38. The van der Waals surface area contributed by atoms with E-state index in [1.165, 1.54) is 22.0 Å². The summed E-state index contributed by atoms with van der Waals surface area (Å²) in [5.74, 6) is 0.271. The van der Waals surface area contributed by atoms with Crippen LogP contribution < -0.4 is 5.32 Å². The third-order valence-corrected chi connectivity index (χ3v) is 6.01. The Morgan fingerprint density at radius 1 is 1.11 bits per heavy atom. The van der Waals surface area contributed by atoms with Crippen molar-refractivity contribution in [2.75, 3.05) is 13.1 Å². The normalized spacial score (nSPS) is 13.2. The highest BCUT2D eigenvalue weighted by Gasteiger charge is 2.16. The van der Waals surface area contributed by atoms with E-state index in [9.17, 15) is 4.79 Å². The van der Waals surface area contributed by atoms with E-state index in [1.807, 2.05) is 18.2 Å². The van der Waals surface area contributed by atoms with Gasteiger partial charge in [-0.05, 0) is 80.6 Å². The fraction of sp³-hybridized carbons (Fsp3) is 0.375. The number of nitrogens with zero attached hydrogens (tertiary/aromatic N) is 1. The maximum Gasteiger partial charge on any atom is 0.162 e. The van der Waals surface area contributed by atoms with Crippen LogP contribution in [0, 0.1) is 0 Å². The van der Waals surface area contributed by atoms with Crippen LogP contribution in [0.25, 0.3) is 10.9 Å². The molecule has 0 saturated carbocycles. The molecular weight excluding hydrogens is 368 g/mol. The van der Waals surface area contributed by atoms with Crippen LogP contribution in [0.1, 0.15) is 47.2 Å². The molecule has 28 heavy (non-hydrogen) atoms. The summed E-state index contributed by atoms with van der Waals surface area (Å²) >= 11 is 6.18. The predicted octanol–water partition coefficient (Wildman–Crippen LogP) is 5.43. The zero-order valence-electron chi connectivity index (χ0n) is 16.2. The van der Waals surface area contributed by atoms with E-state index >= 15 is 0 Å². The number of carbonyl (C=O) groups excluding carboxylic acids is 1. The first-order chi connectivity index (χ1) is 13.7. The predicted molar refractivity (Wildman–Crippen MR) is 116 cm³/mol. The molecule has 2 aromatic carbocycles. The molecule has 2 heterocycles. The molecule has 3 aromatic rings. The fourth-order valence-electron chi connectivity index (χ4n) is 4.15. The Morgan fingerprint density at radius 2 is 2.00 bits per heavy atom. The van der Waals surface area contributed by atoms with Gasteiger partial charge in [-0.15, -0.1) is 0 Å². The lowest BCUT2D eigenvalue weighted by molar-refractivity contribution is 0.0979. The van der Waals surface area contributed by atoms with Gasteiger partial charge in [-0.25, -0.2) is 0 Å². The first-order valence-corrected chi connectivity index (χ1v) is 10.7. The minimum atomic E-state index is 0.271. The Balaban J connectivity index is 1.21. The van der Waals surface area contributed by atoms with E-state index in [0.717, 1.165) is 62.3 Å². The highest BCUT2D eigenvalue weighted by atomic mass is 35.5. The highest BCUT2D eigenvalue weighted by molar-refractivity contribution is 6.31. The Kier molecular flexibility index (Phi) is 6.13. The zero-order valence-corrected chi connectivity index (χ0v) is 17.0. The maximum absolute atomic E-state index is 12.7. The number of halogens is 1. The van der Waals surface area contributed by atoms with Gasteiger partial charge in [-0.2, -0.15) is 0 Å². The Labute approximate surface area is 171 Å². The molecule has 1 aliphatic rings. The van der Waals surface area contributed by atoms with E-state index in [2.05, 4.69) is 40.3 Å². The van der Waals surface area contributed by atoms with Crippen LogP contribution in [0.2, 0.25) is 5.02 Å². The summed E-state index contributed by atoms with van der Waals surface area (Å²) in [5.41, 5.74) is 4.72. The standard InChI is InChI=1S/C24H27ClN2O/c25-22-8-2-1-6-18(22)10-13-26-12-4-3-9-23(28)21-16-19-7-5-14-27-15-11-20(17-21)24(19)27/h1-2,6,8,11,15-17,26H,3-5,7,9-10,12-14H2. The number of benzene rings is 2. The van der Waals surface area contributed by atoms with Crippen molar-refractivity contribution >= 4 is 28.3 Å². The molecule has 4 heteroatoms. The summed E-state index contributed by atoms with van der Waals surface area (Å²) in [7, 11) is 0. The number of hydrogen-bond donors (Lipinski definition) is 1. The van der Waals surface area contributed by atoms with Crippen molar-refractivity contribution in [1.29, 1.82) is 0 Å². The summed E-state index contributed by atoms with van der Waals surface area (Å²) in [5, 5.41) is 5.50. The van der Waals surface area contributed by atoms with Gasteiger partial charge in [0.1, 0.15) is 0 Å². The summed E-state index contributed by atoms with van der Waals surface area (Å²) in [6.07, 6.45) is 7.88. The number of carbonyl (C=O) groups is 1. The van der Waals surface area contributed by atoms with Gasteiger partial charge in [0, 0.05) is 35.1 Å². The van der Waals surface area contributed by atoms with E-state index in [0.29, 0.717) is 6.42 Å². The molecule has 0 spiro atoms. The average Bonchev–Trinajstić information content (AvgIpc) is 3.13. The van der Waals surface area contributed by atoms with Crippen molar-refractivity contribution in [3.63, 3.8) is 0 Å². The molecule has 0 unspecified atom stereocenters. The minimum absolute atomic E-state index is 0.271. The van der Waals surface area contributed by atoms with Gasteiger partial charge in [0.2, 0.25) is 0 Å². The molecule has 0 aliphatic carbocycles. The lowest BCUT2D eigenvalue weighted by Gasteiger charge is -2.16. The second kappa shape index (κ2) is 8.93. The number of Topliss-reactive ketones (excluding diaryl/α,β-unsaturated/α-hetero) is 1. The largest absolute Gasteiger partial charge is 0.347 e. The van der Waals surface area contributed by atoms with E-state index in [-0.39, 0.29) is 5.78 Å². The third-order valence-electron chi connectivity index (χ3n) is 5.64. The molecule has 3 nitrogen and oxygen atoms in total. The van der Waals surface area contributed by atoms with E-state index in [1.54, 1.807) is 0 Å². The zero-order chi connectivity index (χ0) is 19.3. The molecule has 0 fully saturated rings. The van der Waals surface area contributed by atoms with Gasteiger partial charge in [0.05, 0.1) is 5.52 Å². The van der Waals surface area contributed by atoms with Gasteiger partial charge < -0.3 is 9.88 Å². The van der Waals surface area contributed by atoms with Gasteiger partial charge in [-0.1, -0.05) is 29.8 Å². The molecule has 146 valence electrons. The number of hydrogen-bond acceptors (Lipinski definition) is 2. The van der Waals surface area contributed by atoms with Crippen molar-refractivity contribution in [2.45, 2.75) is 45.1 Å². The van der Waals surface area contributed by atoms with Crippen LogP contribution in [0.4, 0.5) is 0 Å². The number of nitrogens with one attached hydrogen (secondary N) is 1. The number of unbranched alkanes of at least 4 members (excludes halogenated alkanes) is 1. The first-order valence-electron chi connectivity index (χ1n) is 10.3. The van der Waals surface area contributed by atoms with Crippen LogP contribution in [0.5, 0.6) is 0 Å². The number of rotatable bonds is 9. The molecule has 1 aromatic heterocycles. The number of aromatic nitrogens is 1. The van der Waals surface area contributed by atoms with Crippen LogP contribution in [-0.2, 0) is 19.4 Å². The molecule has 1 N–H and O–H groups in total. The summed E-state index contributed by atoms with van der Waals surface area (Å²) < 4.78 is 2.32. The number of ketones is 1. The smallest absolute Gasteiger partial charge is 0.162 e. The second-order valence-electron chi connectivity index (χ2n) is 7.66. The topological polar surface area (TPSA) is 34.0 Å². The minimum Gasteiger partial charge on any atom is -0.347 e.